The first-order valence-corrected chi connectivity index (χ1v) is 10.6. The third kappa shape index (κ3) is 5.43. The van der Waals surface area contributed by atoms with Gasteiger partial charge in [0.2, 0.25) is 5.91 Å². The van der Waals surface area contributed by atoms with Crippen LogP contribution in [-0.2, 0) is 11.3 Å². The fourth-order valence-electron chi connectivity index (χ4n) is 3.59. The molecule has 0 aromatic heterocycles. The molecule has 0 spiro atoms. The third-order valence-electron chi connectivity index (χ3n) is 5.71. The van der Waals surface area contributed by atoms with Crippen molar-refractivity contribution in [2.75, 3.05) is 14.2 Å². The van der Waals surface area contributed by atoms with Gasteiger partial charge in [-0.1, -0.05) is 56.7 Å². The van der Waals surface area contributed by atoms with E-state index >= 15 is 0 Å². The van der Waals surface area contributed by atoms with Crippen LogP contribution < -0.4 is 10.1 Å². The quantitative estimate of drug-likeness (QED) is 0.579. The molecule has 3 aromatic rings. The van der Waals surface area contributed by atoms with E-state index in [9.17, 15) is 9.59 Å². The third-order valence-corrected chi connectivity index (χ3v) is 5.71. The second-order valence-electron chi connectivity index (χ2n) is 7.94. The number of carbonyl (C=O) groups is 2. The molecule has 31 heavy (non-hydrogen) atoms. The van der Waals surface area contributed by atoms with Gasteiger partial charge >= 0.3 is 0 Å². The molecule has 5 heteroatoms. The maximum Gasteiger partial charge on any atom is 0.251 e. The van der Waals surface area contributed by atoms with Gasteiger partial charge < -0.3 is 15.0 Å². The molecular weight excluding hydrogens is 388 g/mol. The van der Waals surface area contributed by atoms with Crippen molar-refractivity contribution in [3.05, 3.63) is 77.9 Å². The molecule has 0 unspecified atom stereocenters. The normalized spacial score (nSPS) is 12.8. The highest BCUT2D eigenvalue weighted by Gasteiger charge is 2.28. The average Bonchev–Trinajstić information content (AvgIpc) is 2.81. The molecule has 0 aliphatic heterocycles. The van der Waals surface area contributed by atoms with E-state index in [1.165, 1.54) is 0 Å². The zero-order valence-electron chi connectivity index (χ0n) is 18.6. The van der Waals surface area contributed by atoms with Gasteiger partial charge in [-0.15, -0.1) is 0 Å². The van der Waals surface area contributed by atoms with Crippen LogP contribution in [0.5, 0.6) is 5.75 Å². The number of nitrogens with one attached hydrogen (secondary N) is 1. The van der Waals surface area contributed by atoms with Gasteiger partial charge in [0, 0.05) is 19.2 Å². The summed E-state index contributed by atoms with van der Waals surface area (Å²) >= 11 is 0. The topological polar surface area (TPSA) is 58.6 Å². The zero-order chi connectivity index (χ0) is 22.4. The van der Waals surface area contributed by atoms with E-state index in [2.05, 4.69) is 11.4 Å². The Labute approximate surface area is 184 Å². The van der Waals surface area contributed by atoms with Crippen LogP contribution in [0.25, 0.3) is 10.8 Å². The lowest BCUT2D eigenvalue weighted by Crippen LogP contribution is -2.50. The summed E-state index contributed by atoms with van der Waals surface area (Å²) < 4.78 is 5.28. The summed E-state index contributed by atoms with van der Waals surface area (Å²) in [6.45, 7) is 4.48. The first kappa shape index (κ1) is 22.3. The molecule has 2 atom stereocenters. The predicted octanol–water partition coefficient (Wildman–Crippen LogP) is 4.65. The molecule has 5 nitrogen and oxygen atoms in total. The summed E-state index contributed by atoms with van der Waals surface area (Å²) in [5.74, 6) is 0.519. The molecule has 0 heterocycles. The van der Waals surface area contributed by atoms with Crippen LogP contribution in [0.15, 0.2) is 66.7 Å². The van der Waals surface area contributed by atoms with Crippen molar-refractivity contribution < 1.29 is 14.3 Å². The number of hydrogen-bond acceptors (Lipinski definition) is 3. The van der Waals surface area contributed by atoms with Gasteiger partial charge in [-0.3, -0.25) is 9.59 Å². The molecule has 0 radical (unpaired) electrons. The molecule has 0 saturated heterocycles. The SMILES string of the molecule is CC[C@@H](C)[C@H](NC(=O)c1ccccc1)C(=O)N(C)Cc1ccc2cc(OC)ccc2c1. The smallest absolute Gasteiger partial charge is 0.251 e. The highest BCUT2D eigenvalue weighted by molar-refractivity contribution is 5.97. The molecule has 0 aliphatic carbocycles. The maximum absolute atomic E-state index is 13.3. The molecule has 0 fully saturated rings. The van der Waals surface area contributed by atoms with Gasteiger partial charge in [-0.25, -0.2) is 0 Å². The Balaban J connectivity index is 1.74. The van der Waals surface area contributed by atoms with Gasteiger partial charge in [-0.2, -0.15) is 0 Å². The lowest BCUT2D eigenvalue weighted by molar-refractivity contribution is -0.133. The summed E-state index contributed by atoms with van der Waals surface area (Å²) in [6.07, 6.45) is 0.789. The molecular formula is C26H30N2O3. The largest absolute Gasteiger partial charge is 0.497 e. The number of hydrogen-bond donors (Lipinski definition) is 1. The Morgan fingerprint density at radius 3 is 2.35 bits per heavy atom. The molecule has 1 N–H and O–H groups in total. The molecule has 0 saturated carbocycles. The van der Waals surface area contributed by atoms with E-state index in [0.717, 1.165) is 28.5 Å². The second kappa shape index (κ2) is 10.1. The summed E-state index contributed by atoms with van der Waals surface area (Å²) in [5, 5.41) is 5.13. The predicted molar refractivity (Wildman–Crippen MR) is 124 cm³/mol. The van der Waals surface area contributed by atoms with E-state index < -0.39 is 6.04 Å². The fraction of sp³-hybridized carbons (Fsp3) is 0.308. The number of benzene rings is 3. The number of amides is 2. The van der Waals surface area contributed by atoms with Crippen molar-refractivity contribution in [1.29, 1.82) is 0 Å². The summed E-state index contributed by atoms with van der Waals surface area (Å²) in [7, 11) is 3.44. The van der Waals surface area contributed by atoms with E-state index in [0.29, 0.717) is 12.1 Å². The van der Waals surface area contributed by atoms with Crippen molar-refractivity contribution in [1.82, 2.24) is 10.2 Å². The van der Waals surface area contributed by atoms with Crippen LogP contribution in [-0.4, -0.2) is 36.9 Å². The minimum absolute atomic E-state index is 0.0201. The minimum Gasteiger partial charge on any atom is -0.497 e. The van der Waals surface area contributed by atoms with Crippen LogP contribution >= 0.6 is 0 Å². The highest BCUT2D eigenvalue weighted by atomic mass is 16.5. The van der Waals surface area contributed by atoms with E-state index in [4.69, 9.17) is 4.74 Å². The van der Waals surface area contributed by atoms with Crippen LogP contribution in [0.4, 0.5) is 0 Å². The number of methoxy groups -OCH3 is 1. The molecule has 0 aliphatic rings. The van der Waals surface area contributed by atoms with Gasteiger partial charge in [0.05, 0.1) is 7.11 Å². The van der Waals surface area contributed by atoms with Gasteiger partial charge in [0.15, 0.2) is 0 Å². The second-order valence-corrected chi connectivity index (χ2v) is 7.94. The fourth-order valence-corrected chi connectivity index (χ4v) is 3.59. The van der Waals surface area contributed by atoms with E-state index in [-0.39, 0.29) is 17.7 Å². The molecule has 162 valence electrons. The van der Waals surface area contributed by atoms with Gasteiger partial charge in [-0.05, 0) is 52.6 Å². The first-order chi connectivity index (χ1) is 14.9. The number of nitrogens with zero attached hydrogens (tertiary/aromatic N) is 1. The standard InChI is InChI=1S/C26H30N2O3/c1-5-18(2)24(27-25(29)20-9-7-6-8-10-20)26(30)28(3)17-19-11-12-22-16-23(31-4)14-13-21(22)15-19/h6-16,18,24H,5,17H2,1-4H3,(H,27,29)/t18-,24+/m1/s1. The van der Waals surface area contributed by atoms with Gasteiger partial charge in [0.25, 0.3) is 5.91 Å². The Hall–Kier alpha value is -3.34. The highest BCUT2D eigenvalue weighted by Crippen LogP contribution is 2.22. The minimum atomic E-state index is -0.576. The van der Waals surface area contributed by atoms with E-state index in [1.54, 1.807) is 31.2 Å². The monoisotopic (exact) mass is 418 g/mol. The van der Waals surface area contributed by atoms with Gasteiger partial charge in [0.1, 0.15) is 11.8 Å². The van der Waals surface area contributed by atoms with Crippen molar-refractivity contribution in [2.24, 2.45) is 5.92 Å². The summed E-state index contributed by atoms with van der Waals surface area (Å²) in [5.41, 5.74) is 1.59. The number of likely N-dealkylation sites (N-methyl/N-ethyl adjacent to an activating group) is 1. The number of ether oxygens (including phenoxy) is 1. The average molecular weight is 419 g/mol. The lowest BCUT2D eigenvalue weighted by Gasteiger charge is -2.28. The van der Waals surface area contributed by atoms with Crippen molar-refractivity contribution >= 4 is 22.6 Å². The number of rotatable bonds is 8. The van der Waals surface area contributed by atoms with Crippen molar-refractivity contribution in [3.8, 4) is 5.75 Å². The Morgan fingerprint density at radius 1 is 1.00 bits per heavy atom. The number of carbonyl (C=O) groups excluding carboxylic acids is 2. The van der Waals surface area contributed by atoms with Crippen LogP contribution in [0, 0.1) is 5.92 Å². The molecule has 0 bridgehead atoms. The summed E-state index contributed by atoms with van der Waals surface area (Å²) in [6, 6.07) is 20.5. The Morgan fingerprint density at radius 2 is 1.68 bits per heavy atom. The van der Waals surface area contributed by atoms with Crippen LogP contribution in [0.1, 0.15) is 36.2 Å². The Bertz CT molecular complexity index is 1050. The Kier molecular flexibility index (Phi) is 7.29. The van der Waals surface area contributed by atoms with Crippen molar-refractivity contribution in [2.45, 2.75) is 32.9 Å². The lowest BCUT2D eigenvalue weighted by atomic mass is 9.97. The molecule has 3 rings (SSSR count). The number of fused-ring (bicyclic) bond motifs is 1. The molecule has 2 amide bonds. The first-order valence-electron chi connectivity index (χ1n) is 10.6. The summed E-state index contributed by atoms with van der Waals surface area (Å²) in [4.78, 5) is 27.6. The van der Waals surface area contributed by atoms with E-state index in [1.807, 2.05) is 62.4 Å². The van der Waals surface area contributed by atoms with Crippen LogP contribution in [0.3, 0.4) is 0 Å². The zero-order valence-corrected chi connectivity index (χ0v) is 18.6. The van der Waals surface area contributed by atoms with Crippen molar-refractivity contribution in [3.63, 3.8) is 0 Å². The maximum atomic E-state index is 13.3. The molecule has 3 aromatic carbocycles. The van der Waals surface area contributed by atoms with Crippen LogP contribution in [0.2, 0.25) is 0 Å².